The molecule has 0 radical (unpaired) electrons. The molecule has 0 spiro atoms. The Bertz CT molecular complexity index is 417. The topological polar surface area (TPSA) is 78.5 Å². The number of rotatable bonds is 7. The molecule has 6 nitrogen and oxygen atoms in total. The van der Waals surface area contributed by atoms with Gasteiger partial charge in [0.05, 0.1) is 6.26 Å². The van der Waals surface area contributed by atoms with E-state index in [1.165, 1.54) is 29.8 Å². The quantitative estimate of drug-likeness (QED) is 0.747. The minimum absolute atomic E-state index is 0.195. The van der Waals surface area contributed by atoms with Crippen molar-refractivity contribution in [3.8, 4) is 0 Å². The predicted molar refractivity (Wildman–Crippen MR) is 84.7 cm³/mol. The van der Waals surface area contributed by atoms with Crippen molar-refractivity contribution in [3.05, 3.63) is 0 Å². The van der Waals surface area contributed by atoms with Gasteiger partial charge in [-0.15, -0.1) is 0 Å². The van der Waals surface area contributed by atoms with Gasteiger partial charge in [0.25, 0.3) is 0 Å². The molecule has 1 aliphatic carbocycles. The lowest BCUT2D eigenvalue weighted by atomic mass is 9.96. The number of urea groups is 1. The standard InChI is InChI=1S/C14H29N3O3S/c1-12(2)11-17(21(3,19)20)10-9-15-14(18)16-13-7-5-4-6-8-13/h12-13H,4-11H2,1-3H3,(H2,15,16,18). The number of hydrogen-bond donors (Lipinski definition) is 2. The van der Waals surface area contributed by atoms with Crippen LogP contribution in [0.5, 0.6) is 0 Å². The van der Waals surface area contributed by atoms with E-state index in [0.29, 0.717) is 19.6 Å². The molecule has 0 bridgehead atoms. The largest absolute Gasteiger partial charge is 0.337 e. The van der Waals surface area contributed by atoms with Crippen LogP contribution in [0.25, 0.3) is 0 Å². The molecule has 0 aromatic carbocycles. The molecule has 124 valence electrons. The number of nitrogens with one attached hydrogen (secondary N) is 2. The second-order valence-corrected chi connectivity index (χ2v) is 8.23. The third kappa shape index (κ3) is 7.66. The lowest BCUT2D eigenvalue weighted by Crippen LogP contribution is -2.46. The molecule has 1 rings (SSSR count). The average Bonchev–Trinajstić information content (AvgIpc) is 2.37. The Morgan fingerprint density at radius 3 is 2.38 bits per heavy atom. The minimum atomic E-state index is -3.22. The van der Waals surface area contributed by atoms with Crippen LogP contribution < -0.4 is 10.6 Å². The maximum atomic E-state index is 11.8. The number of nitrogens with zero attached hydrogens (tertiary/aromatic N) is 1. The summed E-state index contributed by atoms with van der Waals surface area (Å²) in [4.78, 5) is 11.8. The molecular weight excluding hydrogens is 290 g/mol. The van der Waals surface area contributed by atoms with E-state index in [4.69, 9.17) is 0 Å². The van der Waals surface area contributed by atoms with Gasteiger partial charge in [0.2, 0.25) is 10.0 Å². The van der Waals surface area contributed by atoms with Crippen molar-refractivity contribution in [3.63, 3.8) is 0 Å². The van der Waals surface area contributed by atoms with Crippen LogP contribution in [-0.4, -0.2) is 50.7 Å². The fraction of sp³-hybridized carbons (Fsp3) is 0.929. The zero-order valence-electron chi connectivity index (χ0n) is 13.4. The van der Waals surface area contributed by atoms with E-state index in [1.54, 1.807) is 0 Å². The zero-order chi connectivity index (χ0) is 15.9. The Morgan fingerprint density at radius 2 is 1.86 bits per heavy atom. The third-order valence-electron chi connectivity index (χ3n) is 3.62. The van der Waals surface area contributed by atoms with Crippen molar-refractivity contribution in [1.29, 1.82) is 0 Å². The highest BCUT2D eigenvalue weighted by Crippen LogP contribution is 2.17. The van der Waals surface area contributed by atoms with Crippen molar-refractivity contribution in [2.75, 3.05) is 25.9 Å². The highest BCUT2D eigenvalue weighted by Gasteiger charge is 2.18. The van der Waals surface area contributed by atoms with Gasteiger partial charge in [0.1, 0.15) is 0 Å². The fourth-order valence-electron chi connectivity index (χ4n) is 2.58. The molecule has 7 heteroatoms. The summed E-state index contributed by atoms with van der Waals surface area (Å²) in [6, 6.07) is 0.0697. The number of hydrogen-bond acceptors (Lipinski definition) is 3. The van der Waals surface area contributed by atoms with E-state index in [0.717, 1.165) is 12.8 Å². The van der Waals surface area contributed by atoms with Gasteiger partial charge in [-0.3, -0.25) is 0 Å². The number of carbonyl (C=O) groups excluding carboxylic acids is 1. The predicted octanol–water partition coefficient (Wildman–Crippen LogP) is 1.54. The first-order chi connectivity index (χ1) is 9.79. The third-order valence-corrected chi connectivity index (χ3v) is 4.89. The van der Waals surface area contributed by atoms with Crippen LogP contribution in [0.15, 0.2) is 0 Å². The first-order valence-electron chi connectivity index (χ1n) is 7.78. The highest BCUT2D eigenvalue weighted by molar-refractivity contribution is 7.88. The highest BCUT2D eigenvalue weighted by atomic mass is 32.2. The van der Waals surface area contributed by atoms with Gasteiger partial charge in [0, 0.05) is 25.7 Å². The number of amides is 2. The molecule has 1 aliphatic rings. The normalized spacial score (nSPS) is 17.2. The maximum Gasteiger partial charge on any atom is 0.315 e. The van der Waals surface area contributed by atoms with E-state index in [1.807, 2.05) is 13.8 Å². The van der Waals surface area contributed by atoms with Crippen LogP contribution in [0.2, 0.25) is 0 Å². The van der Waals surface area contributed by atoms with E-state index >= 15 is 0 Å². The minimum Gasteiger partial charge on any atom is -0.337 e. The Morgan fingerprint density at radius 1 is 1.24 bits per heavy atom. The molecule has 0 heterocycles. The molecule has 1 saturated carbocycles. The molecule has 0 aromatic heterocycles. The van der Waals surface area contributed by atoms with Gasteiger partial charge in [-0.2, -0.15) is 0 Å². The molecule has 2 amide bonds. The molecule has 0 atom stereocenters. The van der Waals surface area contributed by atoms with Gasteiger partial charge >= 0.3 is 6.03 Å². The zero-order valence-corrected chi connectivity index (χ0v) is 14.2. The maximum absolute atomic E-state index is 11.8. The van der Waals surface area contributed by atoms with Crippen LogP contribution in [-0.2, 0) is 10.0 Å². The fourth-order valence-corrected chi connectivity index (χ4v) is 3.57. The number of sulfonamides is 1. The van der Waals surface area contributed by atoms with Gasteiger partial charge in [-0.1, -0.05) is 33.1 Å². The van der Waals surface area contributed by atoms with Crippen LogP contribution in [0.1, 0.15) is 46.0 Å². The number of carbonyl (C=O) groups is 1. The molecule has 0 unspecified atom stereocenters. The summed E-state index contributed by atoms with van der Waals surface area (Å²) < 4.78 is 24.7. The molecule has 0 aliphatic heterocycles. The summed E-state index contributed by atoms with van der Waals surface area (Å²) >= 11 is 0. The van der Waals surface area contributed by atoms with E-state index < -0.39 is 10.0 Å². The molecule has 0 saturated heterocycles. The molecule has 0 aromatic rings. The van der Waals surface area contributed by atoms with Crippen LogP contribution in [0, 0.1) is 5.92 Å². The molecule has 21 heavy (non-hydrogen) atoms. The summed E-state index contributed by atoms with van der Waals surface area (Å²) in [6.07, 6.45) is 6.87. The monoisotopic (exact) mass is 319 g/mol. The SMILES string of the molecule is CC(C)CN(CCNC(=O)NC1CCCCC1)S(C)(=O)=O. The first-order valence-corrected chi connectivity index (χ1v) is 9.63. The van der Waals surface area contributed by atoms with Crippen molar-refractivity contribution < 1.29 is 13.2 Å². The second-order valence-electron chi connectivity index (χ2n) is 6.25. The Balaban J connectivity index is 2.30. The van der Waals surface area contributed by atoms with E-state index in [-0.39, 0.29) is 18.0 Å². The lowest BCUT2D eigenvalue weighted by Gasteiger charge is -2.24. The Hall–Kier alpha value is -0.820. The smallest absolute Gasteiger partial charge is 0.315 e. The molecular formula is C14H29N3O3S. The summed E-state index contributed by atoms with van der Waals surface area (Å²) in [7, 11) is -3.22. The molecule has 1 fully saturated rings. The molecule has 2 N–H and O–H groups in total. The summed E-state index contributed by atoms with van der Waals surface area (Å²) in [5, 5.41) is 5.70. The van der Waals surface area contributed by atoms with E-state index in [2.05, 4.69) is 10.6 Å². The van der Waals surface area contributed by atoms with Crippen molar-refractivity contribution >= 4 is 16.1 Å². The summed E-state index contributed by atoms with van der Waals surface area (Å²) in [6.45, 7) is 5.07. The first kappa shape index (κ1) is 18.2. The van der Waals surface area contributed by atoms with Crippen molar-refractivity contribution in [2.24, 2.45) is 5.92 Å². The van der Waals surface area contributed by atoms with Gasteiger partial charge in [-0.05, 0) is 18.8 Å². The van der Waals surface area contributed by atoms with E-state index in [9.17, 15) is 13.2 Å². The van der Waals surface area contributed by atoms with Gasteiger partial charge < -0.3 is 10.6 Å². The summed E-state index contributed by atoms with van der Waals surface area (Å²) in [5.41, 5.74) is 0. The van der Waals surface area contributed by atoms with Crippen LogP contribution >= 0.6 is 0 Å². The lowest BCUT2D eigenvalue weighted by molar-refractivity contribution is 0.231. The van der Waals surface area contributed by atoms with Gasteiger partial charge in [-0.25, -0.2) is 17.5 Å². The van der Waals surface area contributed by atoms with Crippen molar-refractivity contribution in [1.82, 2.24) is 14.9 Å². The summed E-state index contributed by atoms with van der Waals surface area (Å²) in [5.74, 6) is 0.260. The average molecular weight is 319 g/mol. The van der Waals surface area contributed by atoms with Crippen LogP contribution in [0.4, 0.5) is 4.79 Å². The van der Waals surface area contributed by atoms with Crippen molar-refractivity contribution in [2.45, 2.75) is 52.0 Å². The Kier molecular flexibility index (Phi) is 7.45. The Labute approximate surface area is 128 Å². The second kappa shape index (κ2) is 8.58. The van der Waals surface area contributed by atoms with Crippen LogP contribution in [0.3, 0.4) is 0 Å². The van der Waals surface area contributed by atoms with Gasteiger partial charge in [0.15, 0.2) is 0 Å².